The minimum absolute atomic E-state index is 0.562. The molecule has 150 valence electrons. The zero-order valence-electron chi connectivity index (χ0n) is 18.0. The van der Waals surface area contributed by atoms with E-state index in [1.54, 1.807) is 0 Å². The summed E-state index contributed by atoms with van der Waals surface area (Å²) in [5, 5.41) is 3.72. The quantitative estimate of drug-likeness (QED) is 0.518. The van der Waals surface area contributed by atoms with Crippen LogP contribution in [0, 0.1) is 13.8 Å². The molecule has 2 nitrogen and oxygen atoms in total. The van der Waals surface area contributed by atoms with Crippen molar-refractivity contribution in [3.63, 3.8) is 0 Å². The Kier molecular flexibility index (Phi) is 5.62. The molecule has 0 saturated carbocycles. The van der Waals surface area contributed by atoms with Crippen molar-refractivity contribution in [2.24, 2.45) is 0 Å². The Morgan fingerprint density at radius 3 is 2.31 bits per heavy atom. The van der Waals surface area contributed by atoms with E-state index >= 15 is 0 Å². The minimum atomic E-state index is 0.562. The molecule has 0 unspecified atom stereocenters. The first kappa shape index (κ1) is 19.6. The van der Waals surface area contributed by atoms with Crippen LogP contribution in [-0.2, 0) is 19.4 Å². The summed E-state index contributed by atoms with van der Waals surface area (Å²) in [6.45, 7) is 10.6. The van der Waals surface area contributed by atoms with E-state index in [9.17, 15) is 0 Å². The van der Waals surface area contributed by atoms with E-state index in [1.807, 2.05) is 0 Å². The monoisotopic (exact) mass is 385 g/mol. The van der Waals surface area contributed by atoms with Crippen LogP contribution < -0.4 is 10.1 Å². The van der Waals surface area contributed by atoms with Crippen molar-refractivity contribution in [3.05, 3.63) is 93.5 Å². The number of rotatable bonds is 6. The fraction of sp³-hybridized carbons (Fsp3) is 0.333. The molecular weight excluding hydrogens is 354 g/mol. The number of hydrogen-bond donors (Lipinski definition) is 1. The second kappa shape index (κ2) is 8.32. The van der Waals surface area contributed by atoms with Crippen molar-refractivity contribution in [1.29, 1.82) is 0 Å². The highest BCUT2D eigenvalue weighted by atomic mass is 16.5. The number of anilines is 1. The molecule has 3 aromatic carbocycles. The first-order chi connectivity index (χ1) is 14.0. The lowest BCUT2D eigenvalue weighted by atomic mass is 9.90. The SMILES string of the molecule is Cc1c2c(c(Cc3ccc(C(C)C)cc3)c(C)c1NCc1ccccc1)OCC2. The Labute approximate surface area is 174 Å². The van der Waals surface area contributed by atoms with Crippen LogP contribution in [0.2, 0.25) is 0 Å². The van der Waals surface area contributed by atoms with Crippen LogP contribution in [0.4, 0.5) is 5.69 Å². The van der Waals surface area contributed by atoms with Gasteiger partial charge >= 0.3 is 0 Å². The van der Waals surface area contributed by atoms with Crippen molar-refractivity contribution in [2.45, 2.75) is 53.0 Å². The fourth-order valence-corrected chi connectivity index (χ4v) is 4.33. The molecule has 29 heavy (non-hydrogen) atoms. The van der Waals surface area contributed by atoms with E-state index in [0.717, 1.165) is 31.7 Å². The summed E-state index contributed by atoms with van der Waals surface area (Å²) in [6.07, 6.45) is 1.91. The minimum Gasteiger partial charge on any atom is -0.493 e. The summed E-state index contributed by atoms with van der Waals surface area (Å²) in [6, 6.07) is 19.7. The summed E-state index contributed by atoms with van der Waals surface area (Å²) >= 11 is 0. The number of ether oxygens (including phenoxy) is 1. The lowest BCUT2D eigenvalue weighted by Crippen LogP contribution is -2.07. The average Bonchev–Trinajstić information content (AvgIpc) is 3.22. The van der Waals surface area contributed by atoms with Gasteiger partial charge in [-0.15, -0.1) is 0 Å². The molecule has 1 aliphatic heterocycles. The smallest absolute Gasteiger partial charge is 0.126 e. The van der Waals surface area contributed by atoms with Crippen molar-refractivity contribution in [2.75, 3.05) is 11.9 Å². The lowest BCUT2D eigenvalue weighted by molar-refractivity contribution is 0.353. The normalized spacial score (nSPS) is 12.7. The zero-order chi connectivity index (χ0) is 20.4. The lowest BCUT2D eigenvalue weighted by Gasteiger charge is -2.21. The number of benzene rings is 3. The van der Waals surface area contributed by atoms with Gasteiger partial charge < -0.3 is 10.1 Å². The van der Waals surface area contributed by atoms with Crippen LogP contribution in [0.5, 0.6) is 5.75 Å². The van der Waals surface area contributed by atoms with Gasteiger partial charge in [-0.2, -0.15) is 0 Å². The van der Waals surface area contributed by atoms with Crippen molar-refractivity contribution >= 4 is 5.69 Å². The van der Waals surface area contributed by atoms with Crippen molar-refractivity contribution < 1.29 is 4.74 Å². The highest BCUT2D eigenvalue weighted by Gasteiger charge is 2.24. The van der Waals surface area contributed by atoms with Crippen LogP contribution >= 0.6 is 0 Å². The molecule has 0 aliphatic carbocycles. The van der Waals surface area contributed by atoms with Gasteiger partial charge in [0.1, 0.15) is 5.75 Å². The molecular formula is C27H31NO. The number of hydrogen-bond acceptors (Lipinski definition) is 2. The van der Waals surface area contributed by atoms with Crippen LogP contribution in [-0.4, -0.2) is 6.61 Å². The summed E-state index contributed by atoms with van der Waals surface area (Å²) in [7, 11) is 0. The topological polar surface area (TPSA) is 21.3 Å². The Bertz CT molecular complexity index is 988. The van der Waals surface area contributed by atoms with Crippen molar-refractivity contribution in [3.8, 4) is 5.75 Å². The van der Waals surface area contributed by atoms with Gasteiger partial charge in [0.05, 0.1) is 6.61 Å². The van der Waals surface area contributed by atoms with Gasteiger partial charge in [0.15, 0.2) is 0 Å². The molecule has 3 aromatic rings. The van der Waals surface area contributed by atoms with Crippen LogP contribution in [0.1, 0.15) is 58.7 Å². The molecule has 0 amide bonds. The van der Waals surface area contributed by atoms with Gasteiger partial charge in [-0.05, 0) is 47.6 Å². The summed E-state index contributed by atoms with van der Waals surface area (Å²) < 4.78 is 6.12. The summed E-state index contributed by atoms with van der Waals surface area (Å²) in [4.78, 5) is 0. The Hall–Kier alpha value is -2.74. The third kappa shape index (κ3) is 4.03. The third-order valence-electron chi connectivity index (χ3n) is 6.14. The van der Waals surface area contributed by atoms with E-state index in [0.29, 0.717) is 5.92 Å². The summed E-state index contributed by atoms with van der Waals surface area (Å²) in [5.74, 6) is 1.68. The number of fused-ring (bicyclic) bond motifs is 1. The Balaban J connectivity index is 1.67. The maximum Gasteiger partial charge on any atom is 0.126 e. The van der Waals surface area contributed by atoms with Gasteiger partial charge in [0.2, 0.25) is 0 Å². The first-order valence-corrected chi connectivity index (χ1v) is 10.7. The molecule has 1 heterocycles. The largest absolute Gasteiger partial charge is 0.493 e. The first-order valence-electron chi connectivity index (χ1n) is 10.7. The summed E-state index contributed by atoms with van der Waals surface area (Å²) in [5.41, 5.74) is 10.7. The predicted molar refractivity (Wildman–Crippen MR) is 122 cm³/mol. The van der Waals surface area contributed by atoms with Crippen LogP contribution in [0.15, 0.2) is 54.6 Å². The molecule has 0 bridgehead atoms. The molecule has 1 aliphatic rings. The van der Waals surface area contributed by atoms with Crippen LogP contribution in [0.25, 0.3) is 0 Å². The Morgan fingerprint density at radius 1 is 0.897 bits per heavy atom. The molecule has 1 N–H and O–H groups in total. The second-order valence-electron chi connectivity index (χ2n) is 8.42. The molecule has 0 aromatic heterocycles. The van der Waals surface area contributed by atoms with E-state index in [2.05, 4.69) is 87.6 Å². The maximum atomic E-state index is 6.12. The highest BCUT2D eigenvalue weighted by Crippen LogP contribution is 2.41. The predicted octanol–water partition coefficient (Wildman–Crippen LogP) is 6.56. The molecule has 2 heteroatoms. The zero-order valence-corrected chi connectivity index (χ0v) is 18.0. The molecule has 0 saturated heterocycles. The van der Waals surface area contributed by atoms with Gasteiger partial charge in [0, 0.05) is 36.2 Å². The van der Waals surface area contributed by atoms with Gasteiger partial charge in [0.25, 0.3) is 0 Å². The number of nitrogens with one attached hydrogen (secondary N) is 1. The third-order valence-corrected chi connectivity index (χ3v) is 6.14. The standard InChI is InChI=1S/C27H31NO/c1-18(2)23-12-10-21(11-13-23)16-25-20(4)26(19(3)24-14-15-29-27(24)25)28-17-22-8-6-5-7-9-22/h5-13,18,28H,14-17H2,1-4H3. The van der Waals surface area contributed by atoms with E-state index < -0.39 is 0 Å². The van der Waals surface area contributed by atoms with Gasteiger partial charge in [-0.1, -0.05) is 68.4 Å². The van der Waals surface area contributed by atoms with Gasteiger partial charge in [-0.3, -0.25) is 0 Å². The molecule has 0 spiro atoms. The second-order valence-corrected chi connectivity index (χ2v) is 8.42. The van der Waals surface area contributed by atoms with Crippen LogP contribution in [0.3, 0.4) is 0 Å². The van der Waals surface area contributed by atoms with Gasteiger partial charge in [-0.25, -0.2) is 0 Å². The highest BCUT2D eigenvalue weighted by molar-refractivity contribution is 5.69. The fourth-order valence-electron chi connectivity index (χ4n) is 4.33. The van der Waals surface area contributed by atoms with E-state index in [-0.39, 0.29) is 0 Å². The van der Waals surface area contributed by atoms with E-state index in [4.69, 9.17) is 4.74 Å². The van der Waals surface area contributed by atoms with Crippen molar-refractivity contribution in [1.82, 2.24) is 0 Å². The Morgan fingerprint density at radius 2 is 1.62 bits per heavy atom. The molecule has 0 fully saturated rings. The maximum absolute atomic E-state index is 6.12. The average molecular weight is 386 g/mol. The van der Waals surface area contributed by atoms with E-state index in [1.165, 1.54) is 44.6 Å². The molecule has 0 radical (unpaired) electrons. The molecule has 4 rings (SSSR count). The molecule has 0 atom stereocenters.